The molecule has 0 saturated carbocycles. The highest BCUT2D eigenvalue weighted by Crippen LogP contribution is 2.14. The number of hydrogen-bond acceptors (Lipinski definition) is 0. The molecule has 0 amide bonds. The van der Waals surface area contributed by atoms with Crippen molar-refractivity contribution in [2.45, 2.75) is 142 Å². The Balaban J connectivity index is 0. The average molecular weight is 406 g/mol. The predicted molar refractivity (Wildman–Crippen MR) is 119 cm³/mol. The quantitative estimate of drug-likeness (QED) is 0.148. The summed E-state index contributed by atoms with van der Waals surface area (Å²) in [6.07, 6.45) is 29.4. The van der Waals surface area contributed by atoms with Gasteiger partial charge in [-0.2, -0.15) is 0 Å². The molecule has 0 spiro atoms. The highest BCUT2D eigenvalue weighted by atomic mass is 79.9. The summed E-state index contributed by atoms with van der Waals surface area (Å²) in [5.74, 6) is 1.81. The van der Waals surface area contributed by atoms with Gasteiger partial charge in [0, 0.05) is 0 Å². The summed E-state index contributed by atoms with van der Waals surface area (Å²) in [6.45, 7) is 4.60. The average Bonchev–Trinajstić information content (AvgIpc) is 2.62. The van der Waals surface area contributed by atoms with Crippen molar-refractivity contribution in [3.63, 3.8) is 0 Å². The maximum absolute atomic E-state index is 2.94. The van der Waals surface area contributed by atoms with Crippen LogP contribution >= 0.6 is 15.9 Å². The van der Waals surface area contributed by atoms with Gasteiger partial charge in [-0.25, -0.2) is 0 Å². The molecule has 0 nitrogen and oxygen atoms in total. The van der Waals surface area contributed by atoms with Crippen LogP contribution in [0.3, 0.4) is 0 Å². The topological polar surface area (TPSA) is 0 Å². The van der Waals surface area contributed by atoms with E-state index in [9.17, 15) is 0 Å². The Morgan fingerprint density at radius 2 is 0.417 bits per heavy atom. The highest BCUT2D eigenvalue weighted by molar-refractivity contribution is 9.08. The first-order valence-electron chi connectivity index (χ1n) is 11.3. The van der Waals surface area contributed by atoms with Gasteiger partial charge in [-0.05, 0) is 5.83 Å². The minimum atomic E-state index is 1.37. The molecule has 24 heavy (non-hydrogen) atoms. The fourth-order valence-electron chi connectivity index (χ4n) is 3.33. The van der Waals surface area contributed by atoms with E-state index >= 15 is 0 Å². The van der Waals surface area contributed by atoms with Crippen molar-refractivity contribution in [2.24, 2.45) is 0 Å². The zero-order chi connectivity index (χ0) is 18.1. The maximum atomic E-state index is 2.94. The third-order valence-corrected chi connectivity index (χ3v) is 4.96. The molecule has 0 heterocycles. The van der Waals surface area contributed by atoms with Crippen LogP contribution < -0.4 is 0 Å². The molecule has 0 N–H and O–H groups in total. The Hall–Kier alpha value is 0.480. The molecule has 148 valence electrons. The maximum Gasteiger partial charge on any atom is -0.00848 e. The van der Waals surface area contributed by atoms with Gasteiger partial charge in [-0.1, -0.05) is 158 Å². The van der Waals surface area contributed by atoms with Crippen LogP contribution in [0.15, 0.2) is 0 Å². The summed E-state index contributed by atoms with van der Waals surface area (Å²) in [4.78, 5) is 0. The second kappa shape index (κ2) is 28.3. The molecule has 1 heteroatoms. The SMILES string of the molecule is CBr.CCCCCCCCCCCCCCCCCCCCCC. The standard InChI is InChI=1S/C22H46.CH3Br/c1-3-5-7-9-11-13-15-17-19-21-22-20-18-16-14-12-10-8-6-4-2;1-2/h3-22H2,1-2H3;1H3. The predicted octanol–water partition coefficient (Wildman–Crippen LogP) is 9.84. The van der Waals surface area contributed by atoms with Crippen LogP contribution in [0.5, 0.6) is 0 Å². The van der Waals surface area contributed by atoms with Gasteiger partial charge in [0.2, 0.25) is 0 Å². The molecule has 0 aromatic rings. The van der Waals surface area contributed by atoms with Gasteiger partial charge in [-0.15, -0.1) is 0 Å². The van der Waals surface area contributed by atoms with Gasteiger partial charge >= 0.3 is 0 Å². The summed E-state index contributed by atoms with van der Waals surface area (Å²) >= 11 is 2.94. The van der Waals surface area contributed by atoms with Crippen molar-refractivity contribution in [1.82, 2.24) is 0 Å². The van der Waals surface area contributed by atoms with E-state index in [1.165, 1.54) is 128 Å². The number of alkyl halides is 1. The monoisotopic (exact) mass is 404 g/mol. The number of rotatable bonds is 19. The van der Waals surface area contributed by atoms with E-state index in [0.717, 1.165) is 0 Å². The van der Waals surface area contributed by atoms with Crippen LogP contribution in [0, 0.1) is 0 Å². The third kappa shape index (κ3) is 27.3. The van der Waals surface area contributed by atoms with Crippen LogP contribution in [0.1, 0.15) is 142 Å². The molecular formula is C23H49Br. The summed E-state index contributed by atoms with van der Waals surface area (Å²) in [5.41, 5.74) is 0. The molecule has 0 aliphatic carbocycles. The normalized spacial score (nSPS) is 10.5. The molecule has 0 bridgehead atoms. The molecule has 0 atom stereocenters. The molecule has 0 fully saturated rings. The van der Waals surface area contributed by atoms with Crippen molar-refractivity contribution < 1.29 is 0 Å². The van der Waals surface area contributed by atoms with Crippen LogP contribution in [0.2, 0.25) is 0 Å². The van der Waals surface area contributed by atoms with Gasteiger partial charge in [0.05, 0.1) is 0 Å². The summed E-state index contributed by atoms with van der Waals surface area (Å²) in [6, 6.07) is 0. The van der Waals surface area contributed by atoms with Gasteiger partial charge < -0.3 is 0 Å². The van der Waals surface area contributed by atoms with Crippen LogP contribution in [-0.4, -0.2) is 5.83 Å². The summed E-state index contributed by atoms with van der Waals surface area (Å²) in [5, 5.41) is 0. The van der Waals surface area contributed by atoms with Crippen molar-refractivity contribution in [3.8, 4) is 0 Å². The first kappa shape index (κ1) is 26.7. The van der Waals surface area contributed by atoms with Gasteiger partial charge in [0.1, 0.15) is 0 Å². The minimum Gasteiger partial charge on any atom is -0.0966 e. The third-order valence-electron chi connectivity index (χ3n) is 4.96. The van der Waals surface area contributed by atoms with Crippen LogP contribution in [-0.2, 0) is 0 Å². The Morgan fingerprint density at radius 1 is 0.292 bits per heavy atom. The zero-order valence-corrected chi connectivity index (χ0v) is 19.1. The summed E-state index contributed by atoms with van der Waals surface area (Å²) < 4.78 is 0. The lowest BCUT2D eigenvalue weighted by atomic mass is 10.0. The molecular weight excluding hydrogens is 356 g/mol. The van der Waals surface area contributed by atoms with Crippen molar-refractivity contribution in [2.75, 3.05) is 5.83 Å². The van der Waals surface area contributed by atoms with Gasteiger partial charge in [-0.3, -0.25) is 0 Å². The largest absolute Gasteiger partial charge is 0.0966 e. The second-order valence-corrected chi connectivity index (χ2v) is 7.36. The number of unbranched alkanes of at least 4 members (excludes halogenated alkanes) is 19. The van der Waals surface area contributed by atoms with E-state index in [2.05, 4.69) is 29.8 Å². The first-order chi connectivity index (χ1) is 11.9. The first-order valence-corrected chi connectivity index (χ1v) is 12.9. The summed E-state index contributed by atoms with van der Waals surface area (Å²) in [7, 11) is 0. The lowest BCUT2D eigenvalue weighted by Crippen LogP contribution is -1.84. The fraction of sp³-hybridized carbons (Fsp3) is 1.00. The molecule has 0 aromatic heterocycles. The van der Waals surface area contributed by atoms with E-state index in [0.29, 0.717) is 0 Å². The molecule has 0 radical (unpaired) electrons. The smallest absolute Gasteiger partial charge is 0.00848 e. The van der Waals surface area contributed by atoms with E-state index < -0.39 is 0 Å². The minimum absolute atomic E-state index is 1.37. The molecule has 0 aliphatic rings. The van der Waals surface area contributed by atoms with E-state index in [1.807, 2.05) is 5.83 Å². The molecule has 0 rings (SSSR count). The van der Waals surface area contributed by atoms with E-state index in [4.69, 9.17) is 0 Å². The lowest BCUT2D eigenvalue weighted by molar-refractivity contribution is 0.523. The number of halogens is 1. The fourth-order valence-corrected chi connectivity index (χ4v) is 3.33. The highest BCUT2D eigenvalue weighted by Gasteiger charge is 1.94. The Labute approximate surface area is 164 Å². The van der Waals surface area contributed by atoms with Gasteiger partial charge in [0.15, 0.2) is 0 Å². The van der Waals surface area contributed by atoms with Crippen molar-refractivity contribution in [3.05, 3.63) is 0 Å². The van der Waals surface area contributed by atoms with Crippen molar-refractivity contribution in [1.29, 1.82) is 0 Å². The second-order valence-electron chi connectivity index (χ2n) is 7.36. The van der Waals surface area contributed by atoms with Crippen LogP contribution in [0.25, 0.3) is 0 Å². The molecule has 0 aliphatic heterocycles. The van der Waals surface area contributed by atoms with E-state index in [-0.39, 0.29) is 0 Å². The Kier molecular flexibility index (Phi) is 31.5. The Morgan fingerprint density at radius 3 is 0.542 bits per heavy atom. The van der Waals surface area contributed by atoms with E-state index in [1.54, 1.807) is 0 Å². The number of hydrogen-bond donors (Lipinski definition) is 0. The van der Waals surface area contributed by atoms with Gasteiger partial charge in [0.25, 0.3) is 0 Å². The zero-order valence-electron chi connectivity index (χ0n) is 17.5. The molecule has 0 unspecified atom stereocenters. The van der Waals surface area contributed by atoms with Crippen LogP contribution in [0.4, 0.5) is 0 Å². The lowest BCUT2D eigenvalue weighted by Gasteiger charge is -2.03. The Bertz CT molecular complexity index is 159. The molecule has 0 saturated heterocycles. The molecule has 0 aromatic carbocycles. The van der Waals surface area contributed by atoms with Crippen molar-refractivity contribution >= 4 is 15.9 Å².